The third-order valence-electron chi connectivity index (χ3n) is 3.19. The van der Waals surface area contributed by atoms with E-state index in [9.17, 15) is 0 Å². The number of hydrogen-bond donors (Lipinski definition) is 1. The Bertz CT molecular complexity index is 612. The van der Waals surface area contributed by atoms with Gasteiger partial charge in [0.1, 0.15) is 0 Å². The molecule has 23 heavy (non-hydrogen) atoms. The van der Waals surface area contributed by atoms with Gasteiger partial charge >= 0.3 is 0 Å². The molecule has 1 N–H and O–H groups in total. The third kappa shape index (κ3) is 5.98. The summed E-state index contributed by atoms with van der Waals surface area (Å²) in [7, 11) is 7.84. The van der Waals surface area contributed by atoms with Crippen molar-refractivity contribution in [2.45, 2.75) is 13.1 Å². The summed E-state index contributed by atoms with van der Waals surface area (Å²) in [4.78, 5) is 13.0. The Morgan fingerprint density at radius 2 is 1.91 bits per heavy atom. The Morgan fingerprint density at radius 3 is 2.48 bits per heavy atom. The van der Waals surface area contributed by atoms with Gasteiger partial charge in [0.2, 0.25) is 0 Å². The number of aromatic nitrogens is 1. The molecule has 126 valence electrons. The predicted octanol–water partition coefficient (Wildman–Crippen LogP) is 3.03. The van der Waals surface area contributed by atoms with Crippen molar-refractivity contribution < 1.29 is 0 Å². The zero-order valence-corrected chi connectivity index (χ0v) is 17.1. The van der Waals surface area contributed by atoms with Crippen molar-refractivity contribution in [3.63, 3.8) is 0 Å². The smallest absolute Gasteiger partial charge is 0.194 e. The number of hydrogen-bond acceptors (Lipinski definition) is 4. The second-order valence-corrected chi connectivity index (χ2v) is 6.09. The Hall–Kier alpha value is -1.35. The molecule has 5 nitrogen and oxygen atoms in total. The molecule has 0 bridgehead atoms. The highest BCUT2D eigenvalue weighted by Crippen LogP contribution is 2.17. The first kappa shape index (κ1) is 19.7. The number of rotatable bonds is 5. The van der Waals surface area contributed by atoms with E-state index in [2.05, 4.69) is 49.8 Å². The van der Waals surface area contributed by atoms with Crippen LogP contribution in [0.3, 0.4) is 0 Å². The van der Waals surface area contributed by atoms with E-state index >= 15 is 0 Å². The second-order valence-electron chi connectivity index (χ2n) is 5.26. The quantitative estimate of drug-likeness (QED) is 0.437. The zero-order chi connectivity index (χ0) is 15.9. The topological polar surface area (TPSA) is 43.8 Å². The van der Waals surface area contributed by atoms with Gasteiger partial charge in [0.25, 0.3) is 0 Å². The van der Waals surface area contributed by atoms with Crippen molar-refractivity contribution in [3.8, 4) is 0 Å². The van der Waals surface area contributed by atoms with Crippen LogP contribution in [-0.2, 0) is 13.1 Å². The number of benzene rings is 1. The molecule has 1 aromatic carbocycles. The summed E-state index contributed by atoms with van der Waals surface area (Å²) < 4.78 is 0. The van der Waals surface area contributed by atoms with Crippen LogP contribution in [0.5, 0.6) is 0 Å². The van der Waals surface area contributed by atoms with Crippen LogP contribution in [0.15, 0.2) is 40.7 Å². The normalized spacial score (nSPS) is 10.9. The summed E-state index contributed by atoms with van der Waals surface area (Å²) in [6, 6.07) is 10.4. The lowest BCUT2D eigenvalue weighted by molar-refractivity contribution is 0.476. The van der Waals surface area contributed by atoms with E-state index < -0.39 is 0 Å². The molecule has 0 unspecified atom stereocenters. The van der Waals surface area contributed by atoms with Gasteiger partial charge < -0.3 is 15.1 Å². The van der Waals surface area contributed by atoms with Crippen LogP contribution in [-0.4, -0.2) is 44.0 Å². The summed E-state index contributed by atoms with van der Waals surface area (Å²) in [5.41, 5.74) is 2.29. The van der Waals surface area contributed by atoms with Crippen molar-refractivity contribution in [1.29, 1.82) is 0 Å². The van der Waals surface area contributed by atoms with E-state index in [1.807, 2.05) is 32.1 Å². The first-order valence-corrected chi connectivity index (χ1v) is 8.05. The maximum atomic E-state index is 4.57. The molecular formula is C16H24IN5S. The van der Waals surface area contributed by atoms with Gasteiger partial charge in [-0.05, 0) is 5.56 Å². The van der Waals surface area contributed by atoms with Gasteiger partial charge in [-0.15, -0.1) is 35.3 Å². The molecule has 0 fully saturated rings. The summed E-state index contributed by atoms with van der Waals surface area (Å²) in [5, 5.41) is 6.45. The minimum absolute atomic E-state index is 0. The molecule has 1 aromatic heterocycles. The van der Waals surface area contributed by atoms with Crippen molar-refractivity contribution in [3.05, 3.63) is 47.0 Å². The summed E-state index contributed by atoms with van der Waals surface area (Å²) in [6.07, 6.45) is 0. The highest BCUT2D eigenvalue weighted by atomic mass is 127. The standard InChI is InChI=1S/C16H23N5S.HI/c1-17-15(21(4)11-13-8-6-5-7-9-13)18-10-14-12-22-16(19-14)20(2)3;/h5-9,12H,10-11H2,1-4H3,(H,17,18);1H. The molecule has 1 heterocycles. The molecular weight excluding hydrogens is 421 g/mol. The zero-order valence-electron chi connectivity index (χ0n) is 14.0. The Balaban J connectivity index is 0.00000264. The lowest BCUT2D eigenvalue weighted by atomic mass is 10.2. The molecule has 2 aromatic rings. The molecule has 0 aliphatic rings. The van der Waals surface area contributed by atoms with Crippen LogP contribution in [0.1, 0.15) is 11.3 Å². The number of guanidine groups is 1. The molecule has 7 heteroatoms. The van der Waals surface area contributed by atoms with Crippen LogP contribution in [0, 0.1) is 0 Å². The predicted molar refractivity (Wildman–Crippen MR) is 110 cm³/mol. The van der Waals surface area contributed by atoms with Crippen molar-refractivity contribution in [2.75, 3.05) is 33.1 Å². The molecule has 2 rings (SSSR count). The van der Waals surface area contributed by atoms with E-state index in [0.717, 1.165) is 23.3 Å². The van der Waals surface area contributed by atoms with E-state index in [0.29, 0.717) is 6.54 Å². The van der Waals surface area contributed by atoms with Crippen LogP contribution in [0.25, 0.3) is 0 Å². The fraction of sp³-hybridized carbons (Fsp3) is 0.375. The van der Waals surface area contributed by atoms with Crippen molar-refractivity contribution >= 4 is 46.4 Å². The van der Waals surface area contributed by atoms with E-state index in [1.54, 1.807) is 18.4 Å². The van der Waals surface area contributed by atoms with E-state index in [-0.39, 0.29) is 24.0 Å². The number of halogens is 1. The molecule has 0 aliphatic carbocycles. The average Bonchev–Trinajstić information content (AvgIpc) is 2.98. The number of nitrogens with one attached hydrogen (secondary N) is 1. The van der Waals surface area contributed by atoms with Gasteiger partial charge in [-0.1, -0.05) is 30.3 Å². The monoisotopic (exact) mass is 445 g/mol. The molecule has 0 aliphatic heterocycles. The Labute approximate surface area is 159 Å². The fourth-order valence-electron chi connectivity index (χ4n) is 2.07. The first-order valence-electron chi connectivity index (χ1n) is 7.17. The molecule has 0 atom stereocenters. The Kier molecular flexibility index (Phi) is 8.32. The van der Waals surface area contributed by atoms with Crippen LogP contribution in [0.2, 0.25) is 0 Å². The van der Waals surface area contributed by atoms with E-state index in [1.165, 1.54) is 5.56 Å². The van der Waals surface area contributed by atoms with Gasteiger partial charge in [-0.3, -0.25) is 4.99 Å². The number of aliphatic imine (C=N–C) groups is 1. The Morgan fingerprint density at radius 1 is 1.22 bits per heavy atom. The maximum Gasteiger partial charge on any atom is 0.194 e. The van der Waals surface area contributed by atoms with Gasteiger partial charge in [-0.25, -0.2) is 4.98 Å². The second kappa shape index (κ2) is 9.71. The fourth-order valence-corrected chi connectivity index (χ4v) is 2.83. The lowest BCUT2D eigenvalue weighted by Gasteiger charge is -2.21. The highest BCUT2D eigenvalue weighted by Gasteiger charge is 2.08. The highest BCUT2D eigenvalue weighted by molar-refractivity contribution is 14.0. The van der Waals surface area contributed by atoms with Crippen LogP contribution in [0.4, 0.5) is 5.13 Å². The van der Waals surface area contributed by atoms with Gasteiger partial charge in [-0.2, -0.15) is 0 Å². The lowest BCUT2D eigenvalue weighted by Crippen LogP contribution is -2.38. The first-order chi connectivity index (χ1) is 10.6. The van der Waals surface area contributed by atoms with E-state index in [4.69, 9.17) is 0 Å². The molecule has 0 saturated heterocycles. The van der Waals surface area contributed by atoms with Crippen LogP contribution < -0.4 is 10.2 Å². The summed E-state index contributed by atoms with van der Waals surface area (Å²) in [5.74, 6) is 0.864. The molecule has 0 spiro atoms. The molecule has 0 radical (unpaired) electrons. The summed E-state index contributed by atoms with van der Waals surface area (Å²) in [6.45, 7) is 1.50. The van der Waals surface area contributed by atoms with Crippen molar-refractivity contribution in [1.82, 2.24) is 15.2 Å². The van der Waals surface area contributed by atoms with Crippen molar-refractivity contribution in [2.24, 2.45) is 4.99 Å². The third-order valence-corrected chi connectivity index (χ3v) is 4.24. The maximum absolute atomic E-state index is 4.57. The molecule has 0 amide bonds. The number of anilines is 1. The summed E-state index contributed by atoms with van der Waals surface area (Å²) >= 11 is 1.65. The number of thiazole rings is 1. The van der Waals surface area contributed by atoms with Gasteiger partial charge in [0.15, 0.2) is 11.1 Å². The minimum atomic E-state index is 0. The average molecular weight is 445 g/mol. The molecule has 0 saturated carbocycles. The SMILES string of the molecule is CN=C(NCc1csc(N(C)C)n1)N(C)Cc1ccccc1.I. The largest absolute Gasteiger partial charge is 0.354 e. The van der Waals surface area contributed by atoms with Gasteiger partial charge in [0.05, 0.1) is 12.2 Å². The van der Waals surface area contributed by atoms with Gasteiger partial charge in [0, 0.05) is 40.1 Å². The van der Waals surface area contributed by atoms with Crippen LogP contribution >= 0.6 is 35.3 Å². The number of nitrogens with zero attached hydrogens (tertiary/aromatic N) is 4. The minimum Gasteiger partial charge on any atom is -0.354 e.